The van der Waals surface area contributed by atoms with E-state index in [4.69, 9.17) is 11.6 Å². The number of carbonyl (C=O) groups is 1. The van der Waals surface area contributed by atoms with Gasteiger partial charge >= 0.3 is 0 Å². The van der Waals surface area contributed by atoms with Gasteiger partial charge in [-0.3, -0.25) is 14.0 Å². The zero-order valence-electron chi connectivity index (χ0n) is 16.1. The van der Waals surface area contributed by atoms with Gasteiger partial charge in [0.25, 0.3) is 0 Å². The number of aromatic nitrogens is 2. The minimum absolute atomic E-state index is 0.0602. The third-order valence-electron chi connectivity index (χ3n) is 6.68. The number of fused-ring (bicyclic) bond motifs is 3. The Balaban J connectivity index is 1.49. The van der Waals surface area contributed by atoms with E-state index in [1.165, 1.54) is 6.07 Å². The summed E-state index contributed by atoms with van der Waals surface area (Å²) >= 11 is 6.10. The Morgan fingerprint density at radius 3 is 2.87 bits per heavy atom. The Kier molecular flexibility index (Phi) is 3.93. The van der Waals surface area contributed by atoms with Crippen LogP contribution in [-0.2, 0) is 27.6 Å². The first-order chi connectivity index (χ1) is 14.5. The van der Waals surface area contributed by atoms with Crippen LogP contribution in [0.1, 0.15) is 36.6 Å². The quantitative estimate of drug-likeness (QED) is 0.612. The lowest BCUT2D eigenvalue weighted by Crippen LogP contribution is -2.32. The molecule has 1 aliphatic carbocycles. The van der Waals surface area contributed by atoms with Crippen LogP contribution in [0.5, 0.6) is 0 Å². The number of carbonyl (C=O) groups excluding carboxylic acids is 1. The minimum atomic E-state index is -0.909. The Bertz CT molecular complexity index is 1250. The Morgan fingerprint density at radius 2 is 2.13 bits per heavy atom. The van der Waals surface area contributed by atoms with E-state index in [0.717, 1.165) is 36.2 Å². The van der Waals surface area contributed by atoms with Crippen LogP contribution in [-0.4, -0.2) is 31.2 Å². The molecule has 3 aliphatic rings. The minimum Gasteiger partial charge on any atom is -0.336 e. The first-order valence-corrected chi connectivity index (χ1v) is 11.9. The molecule has 2 aromatic heterocycles. The summed E-state index contributed by atoms with van der Waals surface area (Å²) in [5.74, 6) is 0.803. The molecule has 6 rings (SSSR count). The summed E-state index contributed by atoms with van der Waals surface area (Å²) in [4.78, 5) is 19.3. The van der Waals surface area contributed by atoms with Gasteiger partial charge in [0.05, 0.1) is 29.4 Å². The highest BCUT2D eigenvalue weighted by atomic mass is 35.5. The van der Waals surface area contributed by atoms with Crippen molar-refractivity contribution in [2.24, 2.45) is 0 Å². The van der Waals surface area contributed by atoms with Gasteiger partial charge in [0.1, 0.15) is 5.82 Å². The number of halogens is 2. The Morgan fingerprint density at radius 1 is 1.30 bits per heavy atom. The largest absolute Gasteiger partial charge is 0.336 e. The normalized spacial score (nSPS) is 24.2. The molecule has 1 aromatic carbocycles. The maximum Gasteiger partial charge on any atom is 0.238 e. The Hall–Kier alpha value is -2.25. The van der Waals surface area contributed by atoms with Crippen molar-refractivity contribution in [2.45, 2.75) is 37.3 Å². The molecule has 1 saturated carbocycles. The van der Waals surface area contributed by atoms with Crippen molar-refractivity contribution in [1.29, 1.82) is 0 Å². The lowest BCUT2D eigenvalue weighted by atomic mass is 9.99. The molecular weight excluding hydrogens is 425 g/mol. The van der Waals surface area contributed by atoms with E-state index in [1.807, 2.05) is 16.7 Å². The van der Waals surface area contributed by atoms with Crippen molar-refractivity contribution in [3.8, 4) is 0 Å². The maximum absolute atomic E-state index is 15.0. The molecule has 2 unspecified atom stereocenters. The van der Waals surface area contributed by atoms with Gasteiger partial charge in [-0.15, -0.1) is 0 Å². The van der Waals surface area contributed by atoms with E-state index in [9.17, 15) is 13.4 Å². The second-order valence-electron chi connectivity index (χ2n) is 8.45. The van der Waals surface area contributed by atoms with E-state index in [2.05, 4.69) is 4.98 Å². The van der Waals surface area contributed by atoms with E-state index in [1.54, 1.807) is 23.4 Å². The lowest BCUT2D eigenvalue weighted by Gasteiger charge is -2.22. The van der Waals surface area contributed by atoms with E-state index in [0.29, 0.717) is 34.0 Å². The average Bonchev–Trinajstić information content (AvgIpc) is 3.21. The molecule has 2 atom stereocenters. The smallest absolute Gasteiger partial charge is 0.238 e. The molecular formula is C22H19ClFN3O2S. The molecule has 3 aromatic rings. The van der Waals surface area contributed by atoms with Gasteiger partial charge < -0.3 is 9.47 Å². The van der Waals surface area contributed by atoms with Crippen LogP contribution in [0, 0.1) is 5.82 Å². The van der Waals surface area contributed by atoms with Gasteiger partial charge in [0.15, 0.2) is 0 Å². The SMILES string of the molecule is O=C1N(Cc2cc3cc(Cl)cc(F)c3n2C2CCS(=O)C2)c2cnccc2C12CC2. The van der Waals surface area contributed by atoms with E-state index >= 15 is 0 Å². The number of amides is 1. The van der Waals surface area contributed by atoms with Crippen LogP contribution in [0.15, 0.2) is 36.7 Å². The highest BCUT2D eigenvalue weighted by Gasteiger charge is 2.59. The molecule has 30 heavy (non-hydrogen) atoms. The standard InChI is InChI=1S/C22H19ClFN3O2S/c23-14-7-13-8-16(27(20(13)18(24)9-14)15-2-6-30(29)12-15)11-26-19-10-25-5-1-17(19)22(3-4-22)21(26)28/h1,5,7-10,15H,2-4,6,11-12H2. The van der Waals surface area contributed by atoms with Crippen molar-refractivity contribution in [3.05, 3.63) is 58.8 Å². The lowest BCUT2D eigenvalue weighted by molar-refractivity contribution is -0.120. The van der Waals surface area contributed by atoms with Gasteiger partial charge in [-0.25, -0.2) is 4.39 Å². The molecule has 8 heteroatoms. The van der Waals surface area contributed by atoms with Gasteiger partial charge in [-0.05, 0) is 49.1 Å². The zero-order chi connectivity index (χ0) is 20.6. The number of hydrogen-bond donors (Lipinski definition) is 0. The second-order valence-corrected chi connectivity index (χ2v) is 10.5. The number of pyridine rings is 1. The number of nitrogens with zero attached hydrogens (tertiary/aromatic N) is 3. The van der Waals surface area contributed by atoms with Gasteiger partial charge in [-0.2, -0.15) is 0 Å². The fraction of sp³-hybridized carbons (Fsp3) is 0.364. The summed E-state index contributed by atoms with van der Waals surface area (Å²) in [7, 11) is -0.909. The van der Waals surface area contributed by atoms with Gasteiger partial charge in [0.2, 0.25) is 5.91 Å². The highest BCUT2D eigenvalue weighted by molar-refractivity contribution is 7.85. The summed E-state index contributed by atoms with van der Waals surface area (Å²) in [6.07, 6.45) is 5.91. The number of benzene rings is 1. The van der Waals surface area contributed by atoms with Crippen molar-refractivity contribution in [3.63, 3.8) is 0 Å². The number of hydrogen-bond acceptors (Lipinski definition) is 3. The van der Waals surface area contributed by atoms with Crippen molar-refractivity contribution < 1.29 is 13.4 Å². The third-order valence-corrected chi connectivity index (χ3v) is 8.35. The van der Waals surface area contributed by atoms with Crippen molar-refractivity contribution in [2.75, 3.05) is 16.4 Å². The average molecular weight is 444 g/mol. The molecule has 2 aliphatic heterocycles. The first-order valence-electron chi connectivity index (χ1n) is 10.1. The van der Waals surface area contributed by atoms with Crippen molar-refractivity contribution >= 4 is 44.9 Å². The molecule has 4 heterocycles. The summed E-state index contributed by atoms with van der Waals surface area (Å²) in [5, 5.41) is 1.04. The molecule has 0 radical (unpaired) electrons. The molecule has 1 saturated heterocycles. The predicted molar refractivity (Wildman–Crippen MR) is 115 cm³/mol. The highest BCUT2D eigenvalue weighted by Crippen LogP contribution is 2.57. The molecule has 0 bridgehead atoms. The number of anilines is 1. The molecule has 1 amide bonds. The maximum atomic E-state index is 15.0. The van der Waals surface area contributed by atoms with Gasteiger partial charge in [-0.1, -0.05) is 11.6 Å². The molecule has 154 valence electrons. The van der Waals surface area contributed by atoms with E-state index < -0.39 is 22.0 Å². The topological polar surface area (TPSA) is 55.2 Å². The van der Waals surface area contributed by atoms with Crippen LogP contribution >= 0.6 is 11.6 Å². The molecule has 1 spiro atoms. The van der Waals surface area contributed by atoms with Crippen LogP contribution in [0.2, 0.25) is 5.02 Å². The fourth-order valence-corrected chi connectivity index (χ4v) is 6.81. The van der Waals surface area contributed by atoms with Crippen molar-refractivity contribution in [1.82, 2.24) is 9.55 Å². The summed E-state index contributed by atoms with van der Waals surface area (Å²) < 4.78 is 29.0. The summed E-state index contributed by atoms with van der Waals surface area (Å²) in [6.45, 7) is 0.328. The summed E-state index contributed by atoms with van der Waals surface area (Å²) in [6, 6.07) is 6.85. The zero-order valence-corrected chi connectivity index (χ0v) is 17.7. The third kappa shape index (κ3) is 2.54. The van der Waals surface area contributed by atoms with Crippen LogP contribution in [0.4, 0.5) is 10.1 Å². The Labute approximate surface area is 180 Å². The van der Waals surface area contributed by atoms with Gasteiger partial charge in [0, 0.05) is 50.6 Å². The van der Waals surface area contributed by atoms with Crippen LogP contribution in [0.3, 0.4) is 0 Å². The van der Waals surface area contributed by atoms with E-state index in [-0.39, 0.29) is 11.9 Å². The summed E-state index contributed by atoms with van der Waals surface area (Å²) in [5.41, 5.74) is 2.78. The monoisotopic (exact) mass is 443 g/mol. The molecule has 0 N–H and O–H groups in total. The fourth-order valence-electron chi connectivity index (χ4n) is 5.15. The molecule has 5 nitrogen and oxygen atoms in total. The molecule has 2 fully saturated rings. The second kappa shape index (κ2) is 6.37. The number of rotatable bonds is 3. The van der Waals surface area contributed by atoms with Crippen LogP contribution in [0.25, 0.3) is 10.9 Å². The predicted octanol–water partition coefficient (Wildman–Crippen LogP) is 4.10. The van der Waals surface area contributed by atoms with Crippen LogP contribution < -0.4 is 4.90 Å². The first kappa shape index (κ1) is 18.5.